The summed E-state index contributed by atoms with van der Waals surface area (Å²) in [7, 11) is 0. The Morgan fingerprint density at radius 3 is 2.54 bits per heavy atom. The topological polar surface area (TPSA) is 61.4 Å². The summed E-state index contributed by atoms with van der Waals surface area (Å²) in [6.45, 7) is 2.94. The first-order chi connectivity index (χ1) is 11.6. The first-order valence-electron chi connectivity index (χ1n) is 9.04. The molecular weight excluding hydrogens is 302 g/mol. The molecule has 0 aromatic heterocycles. The van der Waals surface area contributed by atoms with Crippen LogP contribution in [0, 0.1) is 0 Å². The lowest BCUT2D eigenvalue weighted by molar-refractivity contribution is -0.119. The van der Waals surface area contributed by atoms with Crippen molar-refractivity contribution < 1.29 is 9.59 Å². The molecule has 5 heteroatoms. The number of likely N-dealkylation sites (tertiary alicyclic amines) is 1. The molecule has 0 unspecified atom stereocenters. The van der Waals surface area contributed by atoms with E-state index >= 15 is 0 Å². The number of amides is 3. The summed E-state index contributed by atoms with van der Waals surface area (Å²) in [4.78, 5) is 25.7. The van der Waals surface area contributed by atoms with Gasteiger partial charge in [0.1, 0.15) is 0 Å². The van der Waals surface area contributed by atoms with Crippen LogP contribution >= 0.6 is 0 Å². The van der Waals surface area contributed by atoms with Gasteiger partial charge in [0.15, 0.2) is 0 Å². The van der Waals surface area contributed by atoms with E-state index in [1.165, 1.54) is 17.5 Å². The number of hydrogen-bond acceptors (Lipinski definition) is 2. The van der Waals surface area contributed by atoms with Crippen LogP contribution in [0.15, 0.2) is 24.3 Å². The number of urea groups is 1. The molecule has 2 N–H and O–H groups in total. The highest BCUT2D eigenvalue weighted by molar-refractivity contribution is 5.75. The number of carbonyl (C=O) groups is 2. The summed E-state index contributed by atoms with van der Waals surface area (Å²) < 4.78 is 0. The Morgan fingerprint density at radius 1 is 1.04 bits per heavy atom. The van der Waals surface area contributed by atoms with Crippen LogP contribution in [0.5, 0.6) is 0 Å². The number of fused-ring (bicyclic) bond motifs is 1. The number of hydrogen-bond donors (Lipinski definition) is 2. The summed E-state index contributed by atoms with van der Waals surface area (Å²) in [6, 6.07) is 8.80. The van der Waals surface area contributed by atoms with E-state index in [1.54, 1.807) is 6.92 Å². The van der Waals surface area contributed by atoms with Crippen molar-refractivity contribution in [1.82, 2.24) is 15.5 Å². The highest BCUT2D eigenvalue weighted by Gasteiger charge is 2.26. The molecule has 1 atom stereocenters. The Kier molecular flexibility index (Phi) is 5.38. The van der Waals surface area contributed by atoms with E-state index in [4.69, 9.17) is 0 Å². The number of nitrogens with zero attached hydrogens (tertiary/aromatic N) is 1. The highest BCUT2D eigenvalue weighted by atomic mass is 16.2. The van der Waals surface area contributed by atoms with E-state index in [1.807, 2.05) is 4.90 Å². The Balaban J connectivity index is 1.58. The van der Waals surface area contributed by atoms with Crippen molar-refractivity contribution in [2.45, 2.75) is 57.5 Å². The SMILES string of the molecule is CC(=O)NC1CCN(C(=O)N[C@H]2CCCCc3ccccc32)CC1. The first-order valence-corrected chi connectivity index (χ1v) is 9.04. The van der Waals surface area contributed by atoms with Crippen molar-refractivity contribution in [3.63, 3.8) is 0 Å². The third kappa shape index (κ3) is 4.08. The number of benzene rings is 1. The van der Waals surface area contributed by atoms with E-state index in [0.717, 1.165) is 32.1 Å². The predicted molar refractivity (Wildman–Crippen MR) is 93.7 cm³/mol. The third-order valence-electron chi connectivity index (χ3n) is 5.11. The van der Waals surface area contributed by atoms with Crippen LogP contribution in [-0.2, 0) is 11.2 Å². The van der Waals surface area contributed by atoms with Gasteiger partial charge in [0.25, 0.3) is 0 Å². The lowest BCUT2D eigenvalue weighted by atomic mass is 9.99. The first kappa shape index (κ1) is 16.8. The molecule has 0 radical (unpaired) electrons. The van der Waals surface area contributed by atoms with E-state index in [9.17, 15) is 9.59 Å². The second kappa shape index (κ2) is 7.69. The molecule has 1 fully saturated rings. The van der Waals surface area contributed by atoms with Gasteiger partial charge in [-0.2, -0.15) is 0 Å². The normalized spacial score (nSPS) is 21.5. The van der Waals surface area contributed by atoms with Crippen LogP contribution in [-0.4, -0.2) is 36.0 Å². The van der Waals surface area contributed by atoms with Gasteiger partial charge in [-0.1, -0.05) is 30.7 Å². The molecule has 1 aliphatic carbocycles. The Bertz CT molecular complexity index is 594. The van der Waals surface area contributed by atoms with Crippen molar-refractivity contribution in [2.24, 2.45) is 0 Å². The molecule has 1 saturated heterocycles. The highest BCUT2D eigenvalue weighted by Crippen LogP contribution is 2.28. The van der Waals surface area contributed by atoms with E-state index in [2.05, 4.69) is 34.9 Å². The van der Waals surface area contributed by atoms with Gasteiger partial charge in [-0.05, 0) is 43.2 Å². The molecule has 3 amide bonds. The summed E-state index contributed by atoms with van der Waals surface area (Å²) in [6.07, 6.45) is 6.09. The van der Waals surface area contributed by atoms with Crippen LogP contribution in [0.4, 0.5) is 4.79 Å². The maximum absolute atomic E-state index is 12.6. The molecule has 5 nitrogen and oxygen atoms in total. The van der Waals surface area contributed by atoms with Crippen LogP contribution < -0.4 is 10.6 Å². The van der Waals surface area contributed by atoms with Gasteiger partial charge in [0, 0.05) is 26.1 Å². The minimum atomic E-state index is 0.00737. The molecule has 130 valence electrons. The van der Waals surface area contributed by atoms with Crippen LogP contribution in [0.25, 0.3) is 0 Å². The summed E-state index contributed by atoms with van der Waals surface area (Å²) in [5.74, 6) is 0.00737. The van der Waals surface area contributed by atoms with Crippen molar-refractivity contribution in [1.29, 1.82) is 0 Å². The average Bonchev–Trinajstić information content (AvgIpc) is 2.77. The zero-order valence-electron chi connectivity index (χ0n) is 14.4. The van der Waals surface area contributed by atoms with Gasteiger partial charge < -0.3 is 15.5 Å². The molecule has 0 saturated carbocycles. The van der Waals surface area contributed by atoms with Crippen LogP contribution in [0.3, 0.4) is 0 Å². The summed E-state index contributed by atoms with van der Waals surface area (Å²) >= 11 is 0. The zero-order valence-corrected chi connectivity index (χ0v) is 14.4. The largest absolute Gasteiger partial charge is 0.353 e. The number of carbonyl (C=O) groups excluding carboxylic acids is 2. The lowest BCUT2D eigenvalue weighted by Crippen LogP contribution is -2.49. The van der Waals surface area contributed by atoms with Crippen LogP contribution in [0.1, 0.15) is 56.2 Å². The third-order valence-corrected chi connectivity index (χ3v) is 5.11. The Morgan fingerprint density at radius 2 is 1.79 bits per heavy atom. The average molecular weight is 329 g/mol. The second-order valence-corrected chi connectivity index (χ2v) is 6.91. The van der Waals surface area contributed by atoms with Gasteiger partial charge in [-0.3, -0.25) is 4.79 Å². The minimum absolute atomic E-state index is 0.00737. The quantitative estimate of drug-likeness (QED) is 0.820. The van der Waals surface area contributed by atoms with Gasteiger partial charge in [0.2, 0.25) is 5.91 Å². The number of aryl methyl sites for hydroxylation is 1. The standard InChI is InChI=1S/C19H27N3O2/c1-14(23)20-16-10-12-22(13-11-16)19(24)21-18-9-5-3-7-15-6-2-4-8-17(15)18/h2,4,6,8,16,18H,3,5,7,9-13H2,1H3,(H,20,23)(H,21,24)/t18-/m0/s1. The summed E-state index contributed by atoms with van der Waals surface area (Å²) in [5.41, 5.74) is 2.64. The summed E-state index contributed by atoms with van der Waals surface area (Å²) in [5, 5.41) is 6.19. The number of nitrogens with one attached hydrogen (secondary N) is 2. The van der Waals surface area contributed by atoms with Crippen molar-refractivity contribution in [2.75, 3.05) is 13.1 Å². The monoisotopic (exact) mass is 329 g/mol. The number of piperidine rings is 1. The fourth-order valence-electron chi connectivity index (χ4n) is 3.83. The molecule has 0 spiro atoms. The van der Waals surface area contributed by atoms with Gasteiger partial charge >= 0.3 is 6.03 Å². The molecule has 1 aromatic rings. The fourth-order valence-corrected chi connectivity index (χ4v) is 3.83. The molecule has 1 aliphatic heterocycles. The molecule has 3 rings (SSSR count). The predicted octanol–water partition coefficient (Wildman–Crippen LogP) is 2.76. The Labute approximate surface area is 143 Å². The van der Waals surface area contributed by atoms with Gasteiger partial charge in [-0.25, -0.2) is 4.79 Å². The molecule has 24 heavy (non-hydrogen) atoms. The maximum Gasteiger partial charge on any atom is 0.317 e. The van der Waals surface area contributed by atoms with E-state index < -0.39 is 0 Å². The maximum atomic E-state index is 12.6. The molecule has 1 heterocycles. The Hall–Kier alpha value is -2.04. The van der Waals surface area contributed by atoms with Gasteiger partial charge in [0.05, 0.1) is 6.04 Å². The van der Waals surface area contributed by atoms with Gasteiger partial charge in [-0.15, -0.1) is 0 Å². The smallest absolute Gasteiger partial charge is 0.317 e. The molecule has 1 aromatic carbocycles. The minimum Gasteiger partial charge on any atom is -0.353 e. The van der Waals surface area contributed by atoms with E-state index in [0.29, 0.717) is 13.1 Å². The molecule has 0 bridgehead atoms. The number of rotatable bonds is 2. The van der Waals surface area contributed by atoms with Crippen molar-refractivity contribution in [3.05, 3.63) is 35.4 Å². The van der Waals surface area contributed by atoms with Crippen LogP contribution in [0.2, 0.25) is 0 Å². The zero-order chi connectivity index (χ0) is 16.9. The second-order valence-electron chi connectivity index (χ2n) is 6.91. The molecule has 2 aliphatic rings. The van der Waals surface area contributed by atoms with E-state index in [-0.39, 0.29) is 24.0 Å². The lowest BCUT2D eigenvalue weighted by Gasteiger charge is -2.33. The molecular formula is C19H27N3O2. The van der Waals surface area contributed by atoms with Crippen molar-refractivity contribution in [3.8, 4) is 0 Å². The van der Waals surface area contributed by atoms with Crippen molar-refractivity contribution >= 4 is 11.9 Å². The fraction of sp³-hybridized carbons (Fsp3) is 0.579.